The monoisotopic (exact) mass is 434 g/mol. The third kappa shape index (κ3) is 3.96. The molecule has 0 aromatic carbocycles. The van der Waals surface area contributed by atoms with E-state index in [1.807, 2.05) is 18.5 Å². The van der Waals surface area contributed by atoms with Crippen LogP contribution >= 0.6 is 24.0 Å². The third-order valence-electron chi connectivity index (χ3n) is 4.81. The van der Waals surface area contributed by atoms with Crippen molar-refractivity contribution >= 4 is 29.9 Å². The van der Waals surface area contributed by atoms with E-state index in [9.17, 15) is 0 Å². The molecule has 23 heavy (non-hydrogen) atoms. The quantitative estimate of drug-likeness (QED) is 0.442. The molecule has 7 nitrogen and oxygen atoms in total. The zero-order chi connectivity index (χ0) is 15.6. The summed E-state index contributed by atoms with van der Waals surface area (Å²) in [5, 5.41) is 11.7. The van der Waals surface area contributed by atoms with E-state index in [0.29, 0.717) is 12.0 Å². The van der Waals surface area contributed by atoms with Crippen molar-refractivity contribution in [1.82, 2.24) is 25.0 Å². The Morgan fingerprint density at radius 2 is 2.22 bits per heavy atom. The van der Waals surface area contributed by atoms with E-state index in [1.54, 1.807) is 0 Å². The van der Waals surface area contributed by atoms with Crippen molar-refractivity contribution in [3.63, 3.8) is 0 Å². The number of nitrogens with one attached hydrogen (secondary N) is 1. The van der Waals surface area contributed by atoms with Crippen LogP contribution in [0.15, 0.2) is 4.99 Å². The number of aliphatic imine (C=N–C) groups is 1. The molecule has 1 N–H and O–H groups in total. The molecule has 1 aromatic heterocycles. The van der Waals surface area contributed by atoms with Gasteiger partial charge in [0.1, 0.15) is 12.4 Å². The average molecular weight is 434 g/mol. The van der Waals surface area contributed by atoms with Gasteiger partial charge in [-0.3, -0.25) is 0 Å². The van der Waals surface area contributed by atoms with Crippen LogP contribution in [0.1, 0.15) is 31.4 Å². The number of halogens is 1. The fourth-order valence-electron chi connectivity index (χ4n) is 3.25. The largest absolute Gasteiger partial charge is 0.381 e. The van der Waals surface area contributed by atoms with Crippen molar-refractivity contribution in [1.29, 1.82) is 0 Å². The normalized spacial score (nSPS) is 24.3. The molecule has 2 aliphatic rings. The molecule has 2 fully saturated rings. The van der Waals surface area contributed by atoms with Crippen LogP contribution in [0.2, 0.25) is 0 Å². The molecule has 2 saturated heterocycles. The maximum atomic E-state index is 5.61. The molecule has 3 heterocycles. The molecular weight excluding hydrogens is 407 g/mol. The van der Waals surface area contributed by atoms with E-state index < -0.39 is 0 Å². The predicted molar refractivity (Wildman–Crippen MR) is 100 cm³/mol. The topological polar surface area (TPSA) is 67.6 Å². The summed E-state index contributed by atoms with van der Waals surface area (Å²) >= 11 is 0. The minimum absolute atomic E-state index is 0. The highest BCUT2D eigenvalue weighted by atomic mass is 127. The minimum Gasteiger partial charge on any atom is -0.381 e. The number of aryl methyl sites for hydroxylation is 1. The lowest BCUT2D eigenvalue weighted by atomic mass is 9.87. The number of rotatable bonds is 3. The molecule has 130 valence electrons. The smallest absolute Gasteiger partial charge is 0.194 e. The molecule has 3 rings (SSSR count). The van der Waals surface area contributed by atoms with Gasteiger partial charge in [-0.15, -0.1) is 34.2 Å². The minimum atomic E-state index is 0. The summed E-state index contributed by atoms with van der Waals surface area (Å²) < 4.78 is 7.60. The fourth-order valence-corrected chi connectivity index (χ4v) is 3.25. The standard InChI is InChI=1S/C15H26N6O.HI/c1-4-16-14(17-9-13-19-18-12(2)20(13)3)21-7-5-15(10-21)6-8-22-11-15;/h4-11H2,1-3H3,(H,16,17);1H. The Morgan fingerprint density at radius 1 is 1.39 bits per heavy atom. The van der Waals surface area contributed by atoms with Gasteiger partial charge in [0.25, 0.3) is 0 Å². The Balaban J connectivity index is 0.00000192. The Kier molecular flexibility index (Phi) is 6.24. The molecule has 0 aliphatic carbocycles. The molecule has 0 radical (unpaired) electrons. The lowest BCUT2D eigenvalue weighted by molar-refractivity contribution is 0.156. The van der Waals surface area contributed by atoms with E-state index in [-0.39, 0.29) is 24.0 Å². The first-order valence-electron chi connectivity index (χ1n) is 8.09. The van der Waals surface area contributed by atoms with Gasteiger partial charge in [-0.1, -0.05) is 0 Å². The maximum absolute atomic E-state index is 5.61. The van der Waals surface area contributed by atoms with E-state index in [0.717, 1.165) is 50.5 Å². The Morgan fingerprint density at radius 3 is 2.83 bits per heavy atom. The lowest BCUT2D eigenvalue weighted by Gasteiger charge is -2.24. The van der Waals surface area contributed by atoms with Gasteiger partial charge in [0.2, 0.25) is 0 Å². The van der Waals surface area contributed by atoms with Crippen LogP contribution in [0.25, 0.3) is 0 Å². The summed E-state index contributed by atoms with van der Waals surface area (Å²) in [6, 6.07) is 0. The average Bonchev–Trinajstić information content (AvgIpc) is 3.22. The summed E-state index contributed by atoms with van der Waals surface area (Å²) in [5.41, 5.74) is 0.345. The summed E-state index contributed by atoms with van der Waals surface area (Å²) in [4.78, 5) is 7.12. The van der Waals surface area contributed by atoms with E-state index in [1.165, 1.54) is 12.8 Å². The molecule has 0 bridgehead atoms. The van der Waals surface area contributed by atoms with Crippen LogP contribution in [0.5, 0.6) is 0 Å². The van der Waals surface area contributed by atoms with E-state index in [2.05, 4.69) is 27.3 Å². The highest BCUT2D eigenvalue weighted by Gasteiger charge is 2.42. The van der Waals surface area contributed by atoms with Gasteiger partial charge in [-0.05, 0) is 26.7 Å². The number of aromatic nitrogens is 3. The second kappa shape index (κ2) is 7.78. The van der Waals surface area contributed by atoms with Crippen molar-refractivity contribution in [3.05, 3.63) is 11.6 Å². The van der Waals surface area contributed by atoms with Crippen LogP contribution < -0.4 is 5.32 Å². The van der Waals surface area contributed by atoms with Crippen molar-refractivity contribution in [3.8, 4) is 0 Å². The highest BCUT2D eigenvalue weighted by molar-refractivity contribution is 14.0. The molecule has 2 aliphatic heterocycles. The number of hydrogen-bond acceptors (Lipinski definition) is 4. The highest BCUT2D eigenvalue weighted by Crippen LogP contribution is 2.38. The van der Waals surface area contributed by atoms with Crippen LogP contribution in [-0.2, 0) is 18.3 Å². The Bertz CT molecular complexity index is 552. The van der Waals surface area contributed by atoms with Gasteiger partial charge >= 0.3 is 0 Å². The third-order valence-corrected chi connectivity index (χ3v) is 4.81. The number of likely N-dealkylation sites (tertiary alicyclic amines) is 1. The van der Waals surface area contributed by atoms with Gasteiger partial charge in [-0.25, -0.2) is 4.99 Å². The van der Waals surface area contributed by atoms with Crippen LogP contribution in [0.3, 0.4) is 0 Å². The van der Waals surface area contributed by atoms with Gasteiger partial charge in [0.05, 0.1) is 6.61 Å². The van der Waals surface area contributed by atoms with Crippen molar-refractivity contribution in [2.75, 3.05) is 32.8 Å². The number of ether oxygens (including phenoxy) is 1. The zero-order valence-electron chi connectivity index (χ0n) is 14.2. The van der Waals surface area contributed by atoms with E-state index >= 15 is 0 Å². The molecule has 1 atom stereocenters. The maximum Gasteiger partial charge on any atom is 0.194 e. The van der Waals surface area contributed by atoms with Crippen LogP contribution in [0.4, 0.5) is 0 Å². The van der Waals surface area contributed by atoms with Gasteiger partial charge in [0.15, 0.2) is 11.8 Å². The predicted octanol–water partition coefficient (Wildman–Crippen LogP) is 1.32. The second-order valence-corrected chi connectivity index (χ2v) is 6.37. The number of nitrogens with zero attached hydrogens (tertiary/aromatic N) is 5. The Labute approximate surface area is 154 Å². The first-order valence-corrected chi connectivity index (χ1v) is 8.09. The summed E-state index contributed by atoms with van der Waals surface area (Å²) in [5.74, 6) is 2.79. The molecule has 1 spiro atoms. The van der Waals surface area contributed by atoms with Crippen molar-refractivity contribution in [2.45, 2.75) is 33.2 Å². The van der Waals surface area contributed by atoms with Gasteiger partial charge in [0, 0.05) is 38.7 Å². The molecule has 0 saturated carbocycles. The summed E-state index contributed by atoms with van der Waals surface area (Å²) in [6.07, 6.45) is 2.37. The SMILES string of the molecule is CCNC(=NCc1nnc(C)n1C)N1CCC2(CCOC2)C1.I. The fraction of sp³-hybridized carbons (Fsp3) is 0.800. The first kappa shape index (κ1) is 18.4. The molecule has 8 heteroatoms. The first-order chi connectivity index (χ1) is 10.6. The summed E-state index contributed by atoms with van der Waals surface area (Å²) in [7, 11) is 1.98. The zero-order valence-corrected chi connectivity index (χ0v) is 16.5. The van der Waals surface area contributed by atoms with Crippen LogP contribution in [0, 0.1) is 12.3 Å². The van der Waals surface area contributed by atoms with Gasteiger partial charge < -0.3 is 19.5 Å². The lowest BCUT2D eigenvalue weighted by Crippen LogP contribution is -2.41. The van der Waals surface area contributed by atoms with E-state index in [4.69, 9.17) is 9.73 Å². The number of guanidine groups is 1. The summed E-state index contributed by atoms with van der Waals surface area (Å²) in [6.45, 7) is 9.37. The molecule has 0 amide bonds. The second-order valence-electron chi connectivity index (χ2n) is 6.37. The molecular formula is C15H27IN6O. The van der Waals surface area contributed by atoms with Crippen molar-refractivity contribution in [2.24, 2.45) is 17.5 Å². The Hall–Kier alpha value is -0.900. The van der Waals surface area contributed by atoms with Gasteiger partial charge in [-0.2, -0.15) is 0 Å². The van der Waals surface area contributed by atoms with Crippen LogP contribution in [-0.4, -0.2) is 58.5 Å². The molecule has 1 aromatic rings. The van der Waals surface area contributed by atoms with Crippen molar-refractivity contribution < 1.29 is 4.74 Å². The molecule has 1 unspecified atom stereocenters. The number of hydrogen-bond donors (Lipinski definition) is 1.